The van der Waals surface area contributed by atoms with Gasteiger partial charge in [-0.15, -0.1) is 0 Å². The van der Waals surface area contributed by atoms with E-state index in [0.29, 0.717) is 6.42 Å². The van der Waals surface area contributed by atoms with Gasteiger partial charge in [0.1, 0.15) is 6.04 Å². The minimum absolute atomic E-state index is 0.0692. The molecule has 1 atom stereocenters. The van der Waals surface area contributed by atoms with Crippen LogP contribution in [-0.2, 0) is 11.2 Å². The summed E-state index contributed by atoms with van der Waals surface area (Å²) in [5.74, 6) is -0.0692. The Labute approximate surface area is 101 Å². The number of rotatable bonds is 3. The Morgan fingerprint density at radius 1 is 1.53 bits per heavy atom. The first-order chi connectivity index (χ1) is 8.02. The Morgan fingerprint density at radius 3 is 2.88 bits per heavy atom. The molecule has 4 heteroatoms. The van der Waals surface area contributed by atoms with Crippen LogP contribution in [0.5, 0.6) is 0 Å². The van der Waals surface area contributed by atoms with E-state index in [4.69, 9.17) is 5.11 Å². The molecule has 1 aromatic rings. The van der Waals surface area contributed by atoms with Crippen LogP contribution >= 0.6 is 0 Å². The number of carbonyl (C=O) groups is 1. The lowest BCUT2D eigenvalue weighted by Gasteiger charge is -2.25. The van der Waals surface area contributed by atoms with Gasteiger partial charge in [-0.25, -0.2) is 0 Å². The van der Waals surface area contributed by atoms with Crippen molar-refractivity contribution in [2.45, 2.75) is 31.8 Å². The molecule has 0 bridgehead atoms. The highest BCUT2D eigenvalue weighted by Gasteiger charge is 2.29. The van der Waals surface area contributed by atoms with E-state index in [9.17, 15) is 4.79 Å². The van der Waals surface area contributed by atoms with Gasteiger partial charge < -0.3 is 15.7 Å². The number of aliphatic hydroxyl groups is 1. The van der Waals surface area contributed by atoms with Crippen LogP contribution in [0.1, 0.15) is 19.4 Å². The second-order valence-corrected chi connectivity index (χ2v) is 5.09. The molecule has 17 heavy (non-hydrogen) atoms. The normalized spacial score (nSPS) is 18.4. The third-order valence-corrected chi connectivity index (χ3v) is 2.94. The summed E-state index contributed by atoms with van der Waals surface area (Å²) in [4.78, 5) is 12.0. The predicted molar refractivity (Wildman–Crippen MR) is 66.9 cm³/mol. The fourth-order valence-electron chi connectivity index (χ4n) is 1.92. The second-order valence-electron chi connectivity index (χ2n) is 5.09. The van der Waals surface area contributed by atoms with Crippen LogP contribution in [0, 0.1) is 0 Å². The fraction of sp³-hybridized carbons (Fsp3) is 0.462. The molecule has 1 heterocycles. The van der Waals surface area contributed by atoms with Crippen LogP contribution in [0.15, 0.2) is 24.3 Å². The van der Waals surface area contributed by atoms with Crippen molar-refractivity contribution in [2.75, 3.05) is 11.9 Å². The summed E-state index contributed by atoms with van der Waals surface area (Å²) in [5.41, 5.74) is 1.61. The maximum absolute atomic E-state index is 12.0. The van der Waals surface area contributed by atoms with E-state index in [0.717, 1.165) is 11.3 Å². The highest BCUT2D eigenvalue weighted by molar-refractivity contribution is 5.87. The Bertz CT molecular complexity index is 404. The number of nitrogens with one attached hydrogen (secondary N) is 2. The third kappa shape index (κ3) is 2.58. The van der Waals surface area contributed by atoms with Crippen LogP contribution in [0.3, 0.4) is 0 Å². The van der Waals surface area contributed by atoms with E-state index < -0.39 is 5.54 Å². The molecule has 0 aromatic heterocycles. The number of fused-ring (bicyclic) bond motifs is 1. The molecule has 1 aliphatic heterocycles. The van der Waals surface area contributed by atoms with Gasteiger partial charge in [0, 0.05) is 12.1 Å². The molecule has 3 N–H and O–H groups in total. The highest BCUT2D eigenvalue weighted by atomic mass is 16.3. The number of benzene rings is 1. The Hall–Kier alpha value is -1.55. The van der Waals surface area contributed by atoms with Crippen molar-refractivity contribution >= 4 is 11.6 Å². The average Bonchev–Trinajstić information content (AvgIpc) is 2.72. The molecule has 4 nitrogen and oxygen atoms in total. The van der Waals surface area contributed by atoms with Crippen LogP contribution < -0.4 is 10.6 Å². The summed E-state index contributed by atoms with van der Waals surface area (Å²) < 4.78 is 0. The van der Waals surface area contributed by atoms with E-state index in [1.165, 1.54) is 0 Å². The zero-order valence-corrected chi connectivity index (χ0v) is 10.2. The summed E-state index contributed by atoms with van der Waals surface area (Å²) in [6, 6.07) is 7.67. The molecule has 0 spiro atoms. The average molecular weight is 234 g/mol. The summed E-state index contributed by atoms with van der Waals surface area (Å²) in [6.07, 6.45) is 0.698. The number of carbonyl (C=O) groups excluding carboxylic acids is 1. The van der Waals surface area contributed by atoms with Crippen molar-refractivity contribution in [3.8, 4) is 0 Å². The quantitative estimate of drug-likeness (QED) is 0.728. The molecule has 0 saturated carbocycles. The second kappa shape index (κ2) is 4.37. The first-order valence-corrected chi connectivity index (χ1v) is 5.79. The smallest absolute Gasteiger partial charge is 0.243 e. The van der Waals surface area contributed by atoms with Gasteiger partial charge in [0.15, 0.2) is 0 Å². The van der Waals surface area contributed by atoms with Gasteiger partial charge in [-0.05, 0) is 25.5 Å². The van der Waals surface area contributed by atoms with Gasteiger partial charge in [0.2, 0.25) is 5.91 Å². The summed E-state index contributed by atoms with van der Waals surface area (Å²) in [5, 5.41) is 15.1. The zero-order chi connectivity index (χ0) is 12.5. The van der Waals surface area contributed by atoms with Crippen LogP contribution in [0.25, 0.3) is 0 Å². The number of hydrogen-bond donors (Lipinski definition) is 3. The molecule has 0 aliphatic carbocycles. The van der Waals surface area contributed by atoms with Gasteiger partial charge in [-0.1, -0.05) is 18.2 Å². The molecule has 1 unspecified atom stereocenters. The van der Waals surface area contributed by atoms with E-state index in [2.05, 4.69) is 10.6 Å². The van der Waals surface area contributed by atoms with Crippen molar-refractivity contribution in [2.24, 2.45) is 0 Å². The number of para-hydroxylation sites is 1. The molecular weight excluding hydrogens is 216 g/mol. The predicted octanol–water partition coefficient (Wildman–Crippen LogP) is 0.910. The standard InChI is InChI=1S/C13H18N2O2/c1-13(2,8-16)15-12(17)11-7-9-5-3-4-6-10(9)14-11/h3-6,11,14,16H,7-8H2,1-2H3,(H,15,17). The summed E-state index contributed by atoms with van der Waals surface area (Å²) in [7, 11) is 0. The van der Waals surface area contributed by atoms with E-state index in [1.54, 1.807) is 13.8 Å². The molecule has 1 aliphatic rings. The van der Waals surface area contributed by atoms with E-state index in [-0.39, 0.29) is 18.6 Å². The first-order valence-electron chi connectivity index (χ1n) is 5.79. The van der Waals surface area contributed by atoms with Crippen molar-refractivity contribution in [1.82, 2.24) is 5.32 Å². The van der Waals surface area contributed by atoms with E-state index >= 15 is 0 Å². The summed E-state index contributed by atoms with van der Waals surface area (Å²) >= 11 is 0. The van der Waals surface area contributed by atoms with Crippen LogP contribution in [0.4, 0.5) is 5.69 Å². The molecule has 1 amide bonds. The lowest BCUT2D eigenvalue weighted by molar-refractivity contribution is -0.123. The van der Waals surface area contributed by atoms with Crippen LogP contribution in [0.2, 0.25) is 0 Å². The summed E-state index contributed by atoms with van der Waals surface area (Å²) in [6.45, 7) is 3.53. The van der Waals surface area contributed by atoms with E-state index in [1.807, 2.05) is 24.3 Å². The number of anilines is 1. The fourth-order valence-corrected chi connectivity index (χ4v) is 1.92. The Morgan fingerprint density at radius 2 is 2.24 bits per heavy atom. The van der Waals surface area contributed by atoms with Crippen molar-refractivity contribution in [3.05, 3.63) is 29.8 Å². The maximum atomic E-state index is 12.0. The molecule has 0 saturated heterocycles. The van der Waals surface area contributed by atoms with Crippen LogP contribution in [-0.4, -0.2) is 29.2 Å². The van der Waals surface area contributed by atoms with Crippen molar-refractivity contribution in [1.29, 1.82) is 0 Å². The van der Waals surface area contributed by atoms with Gasteiger partial charge in [-0.2, -0.15) is 0 Å². The topological polar surface area (TPSA) is 61.4 Å². The lowest BCUT2D eigenvalue weighted by Crippen LogP contribution is -2.51. The Kier molecular flexibility index (Phi) is 3.07. The Balaban J connectivity index is 2.01. The molecule has 92 valence electrons. The number of aliphatic hydroxyl groups excluding tert-OH is 1. The maximum Gasteiger partial charge on any atom is 0.243 e. The molecule has 0 radical (unpaired) electrons. The molecule has 0 fully saturated rings. The number of hydrogen-bond acceptors (Lipinski definition) is 3. The minimum Gasteiger partial charge on any atom is -0.394 e. The lowest BCUT2D eigenvalue weighted by atomic mass is 10.1. The first kappa shape index (κ1) is 11.9. The van der Waals surface area contributed by atoms with Gasteiger partial charge in [0.25, 0.3) is 0 Å². The monoisotopic (exact) mass is 234 g/mol. The third-order valence-electron chi connectivity index (χ3n) is 2.94. The molecule has 1 aromatic carbocycles. The van der Waals surface area contributed by atoms with Crippen molar-refractivity contribution < 1.29 is 9.90 Å². The molecular formula is C13H18N2O2. The van der Waals surface area contributed by atoms with Crippen molar-refractivity contribution in [3.63, 3.8) is 0 Å². The zero-order valence-electron chi connectivity index (χ0n) is 10.2. The highest BCUT2D eigenvalue weighted by Crippen LogP contribution is 2.25. The SMILES string of the molecule is CC(C)(CO)NC(=O)C1Cc2ccccc2N1. The van der Waals surface area contributed by atoms with Gasteiger partial charge in [-0.3, -0.25) is 4.79 Å². The largest absolute Gasteiger partial charge is 0.394 e. The van der Waals surface area contributed by atoms with Gasteiger partial charge in [0.05, 0.1) is 12.1 Å². The molecule has 2 rings (SSSR count). The number of amides is 1. The van der Waals surface area contributed by atoms with Gasteiger partial charge >= 0.3 is 0 Å². The minimum atomic E-state index is -0.576.